The van der Waals surface area contributed by atoms with Crippen molar-refractivity contribution in [3.05, 3.63) is 0 Å². The van der Waals surface area contributed by atoms with Gasteiger partial charge < -0.3 is 10.5 Å². The molecule has 80 valence electrons. The molecule has 0 bridgehead atoms. The van der Waals surface area contributed by atoms with Gasteiger partial charge in [0.25, 0.3) is 0 Å². The van der Waals surface area contributed by atoms with Crippen molar-refractivity contribution in [1.29, 1.82) is 0 Å². The van der Waals surface area contributed by atoms with Gasteiger partial charge in [0.15, 0.2) is 0 Å². The van der Waals surface area contributed by atoms with Crippen LogP contribution in [-0.4, -0.2) is 18.1 Å². The lowest BCUT2D eigenvalue weighted by Crippen LogP contribution is -2.45. The monoisotopic (exact) mass is 209 g/mol. The molecule has 0 aliphatic rings. The lowest BCUT2D eigenvalue weighted by molar-refractivity contribution is -0.149. The van der Waals surface area contributed by atoms with Gasteiger partial charge in [-0.1, -0.05) is 20.3 Å². The van der Waals surface area contributed by atoms with Crippen molar-refractivity contribution in [2.45, 2.75) is 45.6 Å². The molecule has 0 amide bonds. The van der Waals surface area contributed by atoms with Crippen LogP contribution in [-0.2, 0) is 9.53 Å². The van der Waals surface area contributed by atoms with Crippen molar-refractivity contribution in [3.8, 4) is 0 Å². The molecule has 3 nitrogen and oxygen atoms in total. The fourth-order valence-electron chi connectivity index (χ4n) is 0.618. The summed E-state index contributed by atoms with van der Waals surface area (Å²) in [5.74, 6) is -0.293. The minimum absolute atomic E-state index is 0. The maximum Gasteiger partial charge on any atom is 0.325 e. The van der Waals surface area contributed by atoms with E-state index >= 15 is 0 Å². The average Bonchev–Trinajstić information content (AvgIpc) is 2.05. The second kappa shape index (κ2) is 7.15. The van der Waals surface area contributed by atoms with Crippen molar-refractivity contribution in [2.75, 3.05) is 6.61 Å². The fourth-order valence-corrected chi connectivity index (χ4v) is 0.618. The molecule has 0 aromatic carbocycles. The van der Waals surface area contributed by atoms with Crippen LogP contribution in [0.2, 0.25) is 0 Å². The summed E-state index contributed by atoms with van der Waals surface area (Å²) in [6.45, 7) is 6.11. The first kappa shape index (κ1) is 15.2. The molecule has 0 heterocycles. The first-order chi connectivity index (χ1) is 5.54. The molecule has 0 aromatic rings. The Hall–Kier alpha value is -0.280. The van der Waals surface area contributed by atoms with E-state index in [1.165, 1.54) is 0 Å². The van der Waals surface area contributed by atoms with Crippen LogP contribution < -0.4 is 5.73 Å². The summed E-state index contributed by atoms with van der Waals surface area (Å²) >= 11 is 0. The maximum absolute atomic E-state index is 11.2. The highest BCUT2D eigenvalue weighted by Gasteiger charge is 2.27. The third-order valence-corrected chi connectivity index (χ3v) is 1.93. The zero-order valence-corrected chi connectivity index (χ0v) is 9.45. The van der Waals surface area contributed by atoms with E-state index in [1.807, 2.05) is 6.92 Å². The number of carbonyl (C=O) groups is 1. The van der Waals surface area contributed by atoms with Crippen molar-refractivity contribution >= 4 is 18.4 Å². The fraction of sp³-hybridized carbons (Fsp3) is 0.889. The van der Waals surface area contributed by atoms with Crippen molar-refractivity contribution in [3.63, 3.8) is 0 Å². The van der Waals surface area contributed by atoms with Crippen LogP contribution in [0.3, 0.4) is 0 Å². The predicted molar refractivity (Wildman–Crippen MR) is 56.0 cm³/mol. The Morgan fingerprint density at radius 1 is 1.46 bits per heavy atom. The molecule has 2 N–H and O–H groups in total. The van der Waals surface area contributed by atoms with Crippen molar-refractivity contribution in [2.24, 2.45) is 5.73 Å². The van der Waals surface area contributed by atoms with E-state index in [9.17, 15) is 4.79 Å². The Morgan fingerprint density at radius 2 is 2.00 bits per heavy atom. The molecular weight excluding hydrogens is 190 g/mol. The van der Waals surface area contributed by atoms with E-state index in [-0.39, 0.29) is 18.4 Å². The summed E-state index contributed by atoms with van der Waals surface area (Å²) in [7, 11) is 0. The van der Waals surface area contributed by atoms with E-state index in [0.29, 0.717) is 13.0 Å². The number of unbranched alkanes of at least 4 members (excludes halogenated alkanes) is 1. The number of carbonyl (C=O) groups excluding carboxylic acids is 1. The molecule has 4 heteroatoms. The average molecular weight is 210 g/mol. The van der Waals surface area contributed by atoms with Gasteiger partial charge in [0.05, 0.1) is 6.61 Å². The van der Waals surface area contributed by atoms with Crippen LogP contribution in [0.1, 0.15) is 40.0 Å². The zero-order chi connectivity index (χ0) is 9.61. The van der Waals surface area contributed by atoms with Crippen LogP contribution in [0, 0.1) is 0 Å². The summed E-state index contributed by atoms with van der Waals surface area (Å²) in [6.07, 6.45) is 2.55. The third kappa shape index (κ3) is 5.88. The molecular formula is C9H20ClNO2. The van der Waals surface area contributed by atoms with Gasteiger partial charge >= 0.3 is 5.97 Å². The summed E-state index contributed by atoms with van der Waals surface area (Å²) < 4.78 is 4.97. The molecule has 0 saturated carbocycles. The first-order valence-electron chi connectivity index (χ1n) is 4.50. The Morgan fingerprint density at radius 3 is 2.38 bits per heavy atom. The standard InChI is InChI=1S/C9H19NO2.ClH/c1-4-6-7-12-8(11)9(3,10)5-2;/h4-7,10H2,1-3H3;1H/t9-;/m1./s1. The minimum atomic E-state index is -0.812. The van der Waals surface area contributed by atoms with Crippen LogP contribution in [0.25, 0.3) is 0 Å². The van der Waals surface area contributed by atoms with Crippen molar-refractivity contribution < 1.29 is 9.53 Å². The van der Waals surface area contributed by atoms with Crippen LogP contribution >= 0.6 is 12.4 Å². The van der Waals surface area contributed by atoms with Gasteiger partial charge in [-0.15, -0.1) is 12.4 Å². The van der Waals surface area contributed by atoms with Gasteiger partial charge in [-0.3, -0.25) is 4.79 Å². The molecule has 0 spiro atoms. The summed E-state index contributed by atoms with van der Waals surface area (Å²) in [5.41, 5.74) is 4.86. The lowest BCUT2D eigenvalue weighted by Gasteiger charge is -2.20. The Kier molecular flexibility index (Phi) is 8.37. The highest BCUT2D eigenvalue weighted by atomic mass is 35.5. The Labute approximate surface area is 86.4 Å². The number of hydrogen-bond acceptors (Lipinski definition) is 3. The van der Waals surface area contributed by atoms with Crippen LogP contribution in [0.5, 0.6) is 0 Å². The molecule has 1 atom stereocenters. The second-order valence-corrected chi connectivity index (χ2v) is 3.26. The zero-order valence-electron chi connectivity index (χ0n) is 8.63. The Balaban J connectivity index is 0. The van der Waals surface area contributed by atoms with Crippen molar-refractivity contribution in [1.82, 2.24) is 0 Å². The van der Waals surface area contributed by atoms with E-state index in [2.05, 4.69) is 6.92 Å². The second-order valence-electron chi connectivity index (χ2n) is 3.26. The van der Waals surface area contributed by atoms with E-state index in [1.54, 1.807) is 6.92 Å². The first-order valence-corrected chi connectivity index (χ1v) is 4.50. The van der Waals surface area contributed by atoms with Crippen LogP contribution in [0.15, 0.2) is 0 Å². The summed E-state index contributed by atoms with van der Waals surface area (Å²) in [5, 5.41) is 0. The number of ether oxygens (including phenoxy) is 1. The van der Waals surface area contributed by atoms with Gasteiger partial charge in [-0.25, -0.2) is 0 Å². The lowest BCUT2D eigenvalue weighted by atomic mass is 10.0. The molecule has 0 aliphatic heterocycles. The van der Waals surface area contributed by atoms with Gasteiger partial charge in [-0.05, 0) is 19.8 Å². The van der Waals surface area contributed by atoms with E-state index in [0.717, 1.165) is 12.8 Å². The van der Waals surface area contributed by atoms with Gasteiger partial charge in [0.2, 0.25) is 0 Å². The highest BCUT2D eigenvalue weighted by molar-refractivity contribution is 5.85. The molecule has 0 aliphatic carbocycles. The number of nitrogens with two attached hydrogens (primary N) is 1. The summed E-state index contributed by atoms with van der Waals surface area (Å²) in [4.78, 5) is 11.2. The Bertz CT molecular complexity index is 149. The quantitative estimate of drug-likeness (QED) is 0.556. The molecule has 0 saturated heterocycles. The highest BCUT2D eigenvalue weighted by Crippen LogP contribution is 2.07. The predicted octanol–water partition coefficient (Wildman–Crippen LogP) is 1.88. The molecule has 0 rings (SSSR count). The number of rotatable bonds is 5. The van der Waals surface area contributed by atoms with Crippen LogP contribution in [0.4, 0.5) is 0 Å². The molecule has 13 heavy (non-hydrogen) atoms. The largest absolute Gasteiger partial charge is 0.464 e. The SMILES string of the molecule is CCCCOC(=O)[C@](C)(N)CC.Cl. The minimum Gasteiger partial charge on any atom is -0.464 e. The topological polar surface area (TPSA) is 52.3 Å². The van der Waals surface area contributed by atoms with Gasteiger partial charge in [0, 0.05) is 0 Å². The summed E-state index contributed by atoms with van der Waals surface area (Å²) in [6, 6.07) is 0. The van der Waals surface area contributed by atoms with Gasteiger partial charge in [-0.2, -0.15) is 0 Å². The normalized spacial score (nSPS) is 14.2. The molecule has 0 aromatic heterocycles. The number of esters is 1. The maximum atomic E-state index is 11.2. The number of hydrogen-bond donors (Lipinski definition) is 1. The molecule has 0 fully saturated rings. The van der Waals surface area contributed by atoms with E-state index < -0.39 is 5.54 Å². The molecule has 0 unspecified atom stereocenters. The third-order valence-electron chi connectivity index (χ3n) is 1.93. The van der Waals surface area contributed by atoms with E-state index in [4.69, 9.17) is 10.5 Å². The van der Waals surface area contributed by atoms with Gasteiger partial charge in [0.1, 0.15) is 5.54 Å². The molecule has 0 radical (unpaired) electrons. The number of halogens is 1. The smallest absolute Gasteiger partial charge is 0.325 e.